The lowest BCUT2D eigenvalue weighted by molar-refractivity contribution is -0.115. The van der Waals surface area contributed by atoms with Crippen molar-refractivity contribution < 1.29 is 9.53 Å². The van der Waals surface area contributed by atoms with E-state index in [2.05, 4.69) is 11.9 Å². The van der Waals surface area contributed by atoms with Gasteiger partial charge in [0.15, 0.2) is 0 Å². The molecule has 1 aliphatic rings. The van der Waals surface area contributed by atoms with E-state index in [9.17, 15) is 4.79 Å². The summed E-state index contributed by atoms with van der Waals surface area (Å²) in [5.41, 5.74) is 2.79. The molecule has 14 heavy (non-hydrogen) atoms. The van der Waals surface area contributed by atoms with Gasteiger partial charge in [-0.1, -0.05) is 18.7 Å². The van der Waals surface area contributed by atoms with E-state index >= 15 is 0 Å². The third-order valence-electron chi connectivity index (χ3n) is 2.30. The van der Waals surface area contributed by atoms with Crippen LogP contribution in [0, 0.1) is 0 Å². The molecule has 0 aliphatic carbocycles. The zero-order valence-electron chi connectivity index (χ0n) is 7.96. The van der Waals surface area contributed by atoms with E-state index in [1.807, 2.05) is 18.2 Å². The van der Waals surface area contributed by atoms with Gasteiger partial charge in [-0.15, -0.1) is 0 Å². The number of nitrogens with one attached hydrogen (secondary N) is 1. The molecular weight excluding hydrogens is 178 g/mol. The predicted molar refractivity (Wildman–Crippen MR) is 54.8 cm³/mol. The zero-order valence-corrected chi connectivity index (χ0v) is 7.96. The average Bonchev–Trinajstić information content (AvgIpc) is 2.55. The molecule has 0 radical (unpaired) electrons. The van der Waals surface area contributed by atoms with Gasteiger partial charge >= 0.3 is 0 Å². The van der Waals surface area contributed by atoms with Gasteiger partial charge in [-0.25, -0.2) is 0 Å². The zero-order chi connectivity index (χ0) is 10.1. The minimum absolute atomic E-state index is 0.0418. The van der Waals surface area contributed by atoms with Crippen molar-refractivity contribution in [3.8, 4) is 0 Å². The van der Waals surface area contributed by atoms with Gasteiger partial charge in [0.05, 0.1) is 13.5 Å². The van der Waals surface area contributed by atoms with Crippen LogP contribution >= 0.6 is 0 Å². The minimum Gasteiger partial charge on any atom is -0.497 e. The molecule has 0 atom stereocenters. The topological polar surface area (TPSA) is 38.3 Å². The molecule has 0 saturated heterocycles. The quantitative estimate of drug-likeness (QED) is 0.720. The third kappa shape index (κ3) is 1.37. The molecular formula is C11H11NO2. The van der Waals surface area contributed by atoms with E-state index in [1.54, 1.807) is 7.11 Å². The maximum atomic E-state index is 11.1. The highest BCUT2D eigenvalue weighted by atomic mass is 16.5. The normalized spacial score (nSPS) is 13.4. The summed E-state index contributed by atoms with van der Waals surface area (Å²) in [5, 5.41) is 2.78. The standard InChI is InChI=1S/C11H11NO2/c1-7(14-2)8-3-4-9-6-11(13)12-10(9)5-8/h3-5H,1,6H2,2H3,(H,12,13). The van der Waals surface area contributed by atoms with E-state index in [0.717, 1.165) is 16.8 Å². The van der Waals surface area contributed by atoms with Crippen LogP contribution in [0.4, 0.5) is 5.69 Å². The second-order valence-corrected chi connectivity index (χ2v) is 3.22. The van der Waals surface area contributed by atoms with Crippen molar-refractivity contribution in [2.24, 2.45) is 0 Å². The Labute approximate surface area is 82.4 Å². The molecule has 1 N–H and O–H groups in total. The Bertz CT molecular complexity index is 410. The van der Waals surface area contributed by atoms with Crippen molar-refractivity contribution in [2.75, 3.05) is 12.4 Å². The van der Waals surface area contributed by atoms with E-state index in [-0.39, 0.29) is 5.91 Å². The van der Waals surface area contributed by atoms with Gasteiger partial charge in [0.1, 0.15) is 5.76 Å². The Morgan fingerprint density at radius 2 is 2.36 bits per heavy atom. The summed E-state index contributed by atoms with van der Waals surface area (Å²) in [6.45, 7) is 3.75. The molecule has 1 amide bonds. The summed E-state index contributed by atoms with van der Waals surface area (Å²) in [6, 6.07) is 5.71. The molecule has 2 rings (SSSR count). The monoisotopic (exact) mass is 189 g/mol. The van der Waals surface area contributed by atoms with Crippen LogP contribution in [-0.2, 0) is 16.0 Å². The summed E-state index contributed by atoms with van der Waals surface area (Å²) in [5.74, 6) is 0.647. The largest absolute Gasteiger partial charge is 0.497 e. The maximum absolute atomic E-state index is 11.1. The number of benzene rings is 1. The van der Waals surface area contributed by atoms with E-state index in [1.165, 1.54) is 0 Å². The van der Waals surface area contributed by atoms with Crippen molar-refractivity contribution in [3.63, 3.8) is 0 Å². The molecule has 0 saturated carbocycles. The lowest BCUT2D eigenvalue weighted by atomic mass is 10.1. The molecule has 1 heterocycles. The lowest BCUT2D eigenvalue weighted by Gasteiger charge is -2.05. The molecule has 0 bridgehead atoms. The van der Waals surface area contributed by atoms with Gasteiger partial charge in [-0.2, -0.15) is 0 Å². The number of methoxy groups -OCH3 is 1. The van der Waals surface area contributed by atoms with Crippen LogP contribution in [0.25, 0.3) is 5.76 Å². The number of hydrogen-bond acceptors (Lipinski definition) is 2. The second-order valence-electron chi connectivity index (χ2n) is 3.22. The first kappa shape index (κ1) is 8.81. The molecule has 3 nitrogen and oxygen atoms in total. The summed E-state index contributed by atoms with van der Waals surface area (Å²) >= 11 is 0. The molecule has 0 spiro atoms. The Hall–Kier alpha value is -1.77. The van der Waals surface area contributed by atoms with Crippen LogP contribution < -0.4 is 5.32 Å². The fourth-order valence-electron chi connectivity index (χ4n) is 1.51. The Kier molecular flexibility index (Phi) is 2.00. The van der Waals surface area contributed by atoms with Crippen molar-refractivity contribution in [1.29, 1.82) is 0 Å². The molecule has 3 heteroatoms. The van der Waals surface area contributed by atoms with Gasteiger partial charge in [0, 0.05) is 11.3 Å². The van der Waals surface area contributed by atoms with Gasteiger partial charge < -0.3 is 10.1 Å². The fourth-order valence-corrected chi connectivity index (χ4v) is 1.51. The summed E-state index contributed by atoms with van der Waals surface area (Å²) in [6.07, 6.45) is 0.467. The van der Waals surface area contributed by atoms with E-state index in [4.69, 9.17) is 4.74 Å². The minimum atomic E-state index is 0.0418. The number of rotatable bonds is 2. The third-order valence-corrected chi connectivity index (χ3v) is 2.30. The average molecular weight is 189 g/mol. The van der Waals surface area contributed by atoms with Crippen molar-refractivity contribution in [3.05, 3.63) is 35.9 Å². The summed E-state index contributed by atoms with van der Waals surface area (Å²) in [7, 11) is 1.58. The van der Waals surface area contributed by atoms with Crippen LogP contribution in [0.3, 0.4) is 0 Å². The summed E-state index contributed by atoms with van der Waals surface area (Å²) in [4.78, 5) is 11.1. The highest BCUT2D eigenvalue weighted by Gasteiger charge is 2.17. The number of ether oxygens (including phenoxy) is 1. The molecule has 72 valence electrons. The van der Waals surface area contributed by atoms with Crippen LogP contribution in [-0.4, -0.2) is 13.0 Å². The first-order valence-corrected chi connectivity index (χ1v) is 4.37. The number of hydrogen-bond donors (Lipinski definition) is 1. The van der Waals surface area contributed by atoms with Gasteiger partial charge in [-0.05, 0) is 11.6 Å². The van der Waals surface area contributed by atoms with Gasteiger partial charge in [0.25, 0.3) is 0 Å². The highest BCUT2D eigenvalue weighted by molar-refractivity contribution is 5.99. The SMILES string of the molecule is C=C(OC)c1ccc2c(c1)NC(=O)C2. The molecule has 1 aromatic rings. The fraction of sp³-hybridized carbons (Fsp3) is 0.182. The van der Waals surface area contributed by atoms with E-state index in [0.29, 0.717) is 12.2 Å². The molecule has 1 aromatic carbocycles. The lowest BCUT2D eigenvalue weighted by Crippen LogP contribution is -2.03. The Balaban J connectivity index is 2.37. The number of anilines is 1. The van der Waals surface area contributed by atoms with Crippen molar-refractivity contribution in [1.82, 2.24) is 0 Å². The van der Waals surface area contributed by atoms with Crippen molar-refractivity contribution in [2.45, 2.75) is 6.42 Å². The number of carbonyl (C=O) groups excluding carboxylic acids is 1. The second kappa shape index (κ2) is 3.18. The van der Waals surface area contributed by atoms with Crippen LogP contribution in [0.1, 0.15) is 11.1 Å². The maximum Gasteiger partial charge on any atom is 0.228 e. The van der Waals surface area contributed by atoms with Crippen LogP contribution in [0.2, 0.25) is 0 Å². The summed E-state index contributed by atoms with van der Waals surface area (Å²) < 4.78 is 5.02. The molecule has 0 aromatic heterocycles. The molecule has 0 fully saturated rings. The highest BCUT2D eigenvalue weighted by Crippen LogP contribution is 2.26. The first-order valence-electron chi connectivity index (χ1n) is 4.37. The number of carbonyl (C=O) groups is 1. The van der Waals surface area contributed by atoms with Gasteiger partial charge in [-0.3, -0.25) is 4.79 Å². The molecule has 1 aliphatic heterocycles. The van der Waals surface area contributed by atoms with Crippen LogP contribution in [0.15, 0.2) is 24.8 Å². The van der Waals surface area contributed by atoms with Crippen molar-refractivity contribution >= 4 is 17.4 Å². The van der Waals surface area contributed by atoms with Gasteiger partial charge in [0.2, 0.25) is 5.91 Å². The van der Waals surface area contributed by atoms with Crippen LogP contribution in [0.5, 0.6) is 0 Å². The number of fused-ring (bicyclic) bond motifs is 1. The Morgan fingerprint density at radius 1 is 1.57 bits per heavy atom. The smallest absolute Gasteiger partial charge is 0.228 e. The number of amides is 1. The predicted octanol–water partition coefficient (Wildman–Crippen LogP) is 1.80. The molecule has 0 unspecified atom stereocenters. The first-order chi connectivity index (χ1) is 6.70. The Morgan fingerprint density at radius 3 is 3.07 bits per heavy atom. The van der Waals surface area contributed by atoms with E-state index < -0.39 is 0 Å².